The summed E-state index contributed by atoms with van der Waals surface area (Å²) in [6.45, 7) is 1.61. The van der Waals surface area contributed by atoms with E-state index in [1.807, 2.05) is 7.05 Å². The highest BCUT2D eigenvalue weighted by atomic mass is 35.5. The average molecular weight is 343 g/mol. The van der Waals surface area contributed by atoms with E-state index in [1.165, 1.54) is 24.3 Å². The lowest BCUT2D eigenvalue weighted by Gasteiger charge is -2.04. The van der Waals surface area contributed by atoms with Crippen molar-refractivity contribution in [3.05, 3.63) is 53.7 Å². The van der Waals surface area contributed by atoms with E-state index < -0.39 is 0 Å². The van der Waals surface area contributed by atoms with Crippen LogP contribution in [0.3, 0.4) is 0 Å². The largest absolute Gasteiger partial charge is 0.486 e. The van der Waals surface area contributed by atoms with Crippen LogP contribution in [0.5, 0.6) is 5.75 Å². The molecule has 126 valence electrons. The third-order valence-corrected chi connectivity index (χ3v) is 2.97. The number of rotatable bonds is 8. The topological polar surface area (TPSA) is 63.5 Å². The lowest BCUT2D eigenvalue weighted by Crippen LogP contribution is -2.26. The van der Waals surface area contributed by atoms with Crippen LogP contribution in [-0.2, 0) is 6.61 Å². The first-order chi connectivity index (χ1) is 10.7. The molecule has 1 aromatic heterocycles. The predicted molar refractivity (Wildman–Crippen MR) is 87.6 cm³/mol. The number of nitrogens with one attached hydrogen (secondary N) is 2. The van der Waals surface area contributed by atoms with Gasteiger partial charge in [-0.25, -0.2) is 4.39 Å². The number of benzene rings is 1. The summed E-state index contributed by atoms with van der Waals surface area (Å²) in [5.74, 6) is 0.759. The maximum atomic E-state index is 12.8. The molecule has 5 nitrogen and oxygen atoms in total. The number of carbonyl (C=O) groups excluding carboxylic acids is 1. The fourth-order valence-electron chi connectivity index (χ4n) is 1.82. The Balaban J connectivity index is 0.00000264. The van der Waals surface area contributed by atoms with Gasteiger partial charge in [0.1, 0.15) is 23.9 Å². The normalized spacial score (nSPS) is 10.0. The van der Waals surface area contributed by atoms with Gasteiger partial charge in [-0.1, -0.05) is 0 Å². The molecule has 0 saturated carbocycles. The highest BCUT2D eigenvalue weighted by molar-refractivity contribution is 5.91. The minimum atomic E-state index is -0.317. The van der Waals surface area contributed by atoms with Crippen LogP contribution in [0.25, 0.3) is 0 Å². The Morgan fingerprint density at radius 1 is 1.17 bits per heavy atom. The molecule has 0 atom stereocenters. The summed E-state index contributed by atoms with van der Waals surface area (Å²) in [6, 6.07) is 9.01. The van der Waals surface area contributed by atoms with E-state index in [1.54, 1.807) is 12.1 Å². The summed E-state index contributed by atoms with van der Waals surface area (Å²) >= 11 is 0. The fraction of sp³-hybridized carbons (Fsp3) is 0.312. The summed E-state index contributed by atoms with van der Waals surface area (Å²) < 4.78 is 23.6. The van der Waals surface area contributed by atoms with Crippen molar-refractivity contribution < 1.29 is 18.3 Å². The Morgan fingerprint density at radius 2 is 1.91 bits per heavy atom. The van der Waals surface area contributed by atoms with Gasteiger partial charge >= 0.3 is 0 Å². The summed E-state index contributed by atoms with van der Waals surface area (Å²) in [4.78, 5) is 11.8. The Bertz CT molecular complexity index is 602. The first kappa shape index (κ1) is 19.0. The van der Waals surface area contributed by atoms with E-state index in [2.05, 4.69) is 10.6 Å². The lowest BCUT2D eigenvalue weighted by atomic mass is 10.3. The molecule has 0 unspecified atom stereocenters. The number of furan rings is 1. The zero-order valence-electron chi connectivity index (χ0n) is 12.8. The van der Waals surface area contributed by atoms with Crippen LogP contribution in [0.4, 0.5) is 4.39 Å². The Hall–Kier alpha value is -2.05. The van der Waals surface area contributed by atoms with Gasteiger partial charge in [0.25, 0.3) is 5.91 Å². The molecular weight excluding hydrogens is 323 g/mol. The van der Waals surface area contributed by atoms with E-state index in [-0.39, 0.29) is 36.5 Å². The van der Waals surface area contributed by atoms with Crippen molar-refractivity contribution in [3.8, 4) is 5.75 Å². The summed E-state index contributed by atoms with van der Waals surface area (Å²) in [7, 11) is 1.86. The van der Waals surface area contributed by atoms with Crippen LogP contribution < -0.4 is 15.4 Å². The van der Waals surface area contributed by atoms with E-state index in [4.69, 9.17) is 9.15 Å². The van der Waals surface area contributed by atoms with E-state index in [0.717, 1.165) is 13.0 Å². The van der Waals surface area contributed by atoms with Crippen LogP contribution in [0.2, 0.25) is 0 Å². The minimum Gasteiger partial charge on any atom is -0.486 e. The van der Waals surface area contributed by atoms with E-state index >= 15 is 0 Å². The van der Waals surface area contributed by atoms with Gasteiger partial charge in [-0.2, -0.15) is 0 Å². The van der Waals surface area contributed by atoms with Crippen molar-refractivity contribution in [3.63, 3.8) is 0 Å². The molecular formula is C16H20ClFN2O3. The van der Waals surface area contributed by atoms with Gasteiger partial charge in [0.2, 0.25) is 0 Å². The highest BCUT2D eigenvalue weighted by Crippen LogP contribution is 2.15. The first-order valence-corrected chi connectivity index (χ1v) is 7.09. The zero-order valence-corrected chi connectivity index (χ0v) is 13.6. The van der Waals surface area contributed by atoms with Gasteiger partial charge in [-0.15, -0.1) is 12.4 Å². The molecule has 1 amide bonds. The minimum absolute atomic E-state index is 0. The molecule has 0 spiro atoms. The molecule has 1 aromatic carbocycles. The Labute approximate surface area is 140 Å². The molecule has 0 radical (unpaired) electrons. The average Bonchev–Trinajstić information content (AvgIpc) is 3.00. The quantitative estimate of drug-likeness (QED) is 0.724. The molecule has 2 aromatic rings. The van der Waals surface area contributed by atoms with Gasteiger partial charge < -0.3 is 19.8 Å². The van der Waals surface area contributed by atoms with Crippen LogP contribution in [0.15, 0.2) is 40.8 Å². The summed E-state index contributed by atoms with van der Waals surface area (Å²) in [5.41, 5.74) is 0. The van der Waals surface area contributed by atoms with Crippen molar-refractivity contribution in [1.82, 2.24) is 10.6 Å². The summed E-state index contributed by atoms with van der Waals surface area (Å²) in [6.07, 6.45) is 0.851. The van der Waals surface area contributed by atoms with Crippen molar-refractivity contribution in [2.45, 2.75) is 13.0 Å². The molecule has 0 aliphatic heterocycles. The highest BCUT2D eigenvalue weighted by Gasteiger charge is 2.10. The van der Waals surface area contributed by atoms with Crippen molar-refractivity contribution >= 4 is 18.3 Å². The monoisotopic (exact) mass is 342 g/mol. The van der Waals surface area contributed by atoms with Gasteiger partial charge in [0.15, 0.2) is 5.76 Å². The summed E-state index contributed by atoms with van der Waals surface area (Å²) in [5, 5.41) is 5.78. The second kappa shape index (κ2) is 9.86. The number of carbonyl (C=O) groups is 1. The van der Waals surface area contributed by atoms with Crippen LogP contribution in [0.1, 0.15) is 22.7 Å². The first-order valence-electron chi connectivity index (χ1n) is 7.09. The van der Waals surface area contributed by atoms with Crippen molar-refractivity contribution in [2.75, 3.05) is 20.1 Å². The Kier molecular flexibility index (Phi) is 8.15. The van der Waals surface area contributed by atoms with Gasteiger partial charge in [-0.3, -0.25) is 4.79 Å². The second-order valence-electron chi connectivity index (χ2n) is 4.72. The van der Waals surface area contributed by atoms with Crippen LogP contribution in [-0.4, -0.2) is 26.0 Å². The third-order valence-electron chi connectivity index (χ3n) is 2.97. The number of hydrogen-bond donors (Lipinski definition) is 2. The van der Waals surface area contributed by atoms with E-state index in [9.17, 15) is 9.18 Å². The van der Waals surface area contributed by atoms with Crippen LogP contribution in [0, 0.1) is 5.82 Å². The maximum Gasteiger partial charge on any atom is 0.286 e. The number of halogens is 2. The number of hydrogen-bond acceptors (Lipinski definition) is 4. The van der Waals surface area contributed by atoms with Crippen LogP contribution >= 0.6 is 12.4 Å². The van der Waals surface area contributed by atoms with Crippen molar-refractivity contribution in [1.29, 1.82) is 0 Å². The smallest absolute Gasteiger partial charge is 0.286 e. The Morgan fingerprint density at radius 3 is 2.61 bits per heavy atom. The molecule has 0 aliphatic rings. The second-order valence-corrected chi connectivity index (χ2v) is 4.72. The standard InChI is InChI=1S/C16H19FN2O3.ClH/c1-18-9-2-10-19-16(20)15-8-7-14(22-15)11-21-13-5-3-12(17)4-6-13;/h3-8,18H,2,9-11H2,1H3,(H,19,20);1H. The molecule has 2 N–H and O–H groups in total. The fourth-order valence-corrected chi connectivity index (χ4v) is 1.82. The molecule has 0 aliphatic carbocycles. The maximum absolute atomic E-state index is 12.8. The van der Waals surface area contributed by atoms with Crippen molar-refractivity contribution in [2.24, 2.45) is 0 Å². The number of ether oxygens (including phenoxy) is 1. The van der Waals surface area contributed by atoms with Gasteiger partial charge in [0, 0.05) is 6.54 Å². The zero-order chi connectivity index (χ0) is 15.8. The molecule has 2 rings (SSSR count). The molecule has 23 heavy (non-hydrogen) atoms. The SMILES string of the molecule is CNCCCNC(=O)c1ccc(COc2ccc(F)cc2)o1.Cl. The van der Waals surface area contributed by atoms with Gasteiger partial charge in [-0.05, 0) is 56.4 Å². The number of amides is 1. The lowest BCUT2D eigenvalue weighted by molar-refractivity contribution is 0.0921. The molecule has 0 fully saturated rings. The molecule has 7 heteroatoms. The molecule has 0 saturated heterocycles. The third kappa shape index (κ3) is 6.30. The van der Waals surface area contributed by atoms with E-state index in [0.29, 0.717) is 18.1 Å². The molecule has 1 heterocycles. The van der Waals surface area contributed by atoms with Gasteiger partial charge in [0.05, 0.1) is 0 Å². The molecule has 0 bridgehead atoms. The predicted octanol–water partition coefficient (Wildman–Crippen LogP) is 2.76.